The third-order valence-electron chi connectivity index (χ3n) is 0.354. The number of nitrogens with zero attached hydrogens (tertiary/aromatic N) is 1. The van der Waals surface area contributed by atoms with E-state index in [2.05, 4.69) is 0 Å². The molecule has 0 aliphatic heterocycles. The highest BCUT2D eigenvalue weighted by atomic mass is 19.2. The fraction of sp³-hybridized carbons (Fsp3) is 0.500. The Morgan fingerprint density at radius 3 is 2.17 bits per heavy atom. The lowest BCUT2D eigenvalue weighted by Gasteiger charge is -1.92. The second-order valence-electron chi connectivity index (χ2n) is 1.01. The molecule has 0 heterocycles. The van der Waals surface area contributed by atoms with Crippen molar-refractivity contribution < 1.29 is 4.48 Å². The number of hydrogen-bond donors (Lipinski definition) is 0. The maximum Gasteiger partial charge on any atom is 0.0387 e. The first-order valence-electron chi connectivity index (χ1n) is 1.79. The van der Waals surface area contributed by atoms with Gasteiger partial charge in [0.25, 0.3) is 0 Å². The zero-order valence-electron chi connectivity index (χ0n) is 3.98. The van der Waals surface area contributed by atoms with Crippen molar-refractivity contribution in [3.8, 4) is 0 Å². The van der Waals surface area contributed by atoms with Crippen LogP contribution in [-0.2, 0) is 0 Å². The number of halogens is 1. The zero-order valence-corrected chi connectivity index (χ0v) is 3.98. The van der Waals surface area contributed by atoms with Crippen LogP contribution < -0.4 is 0 Å². The van der Waals surface area contributed by atoms with Gasteiger partial charge in [0, 0.05) is 13.2 Å². The fourth-order valence-electron chi connectivity index (χ4n) is 0.205. The number of allylic oxidation sites excluding steroid dienone is 1. The Morgan fingerprint density at radius 2 is 2.17 bits per heavy atom. The molecule has 1 nitrogen and oxygen atoms in total. The van der Waals surface area contributed by atoms with Gasteiger partial charge in [0.05, 0.1) is 0 Å². The van der Waals surface area contributed by atoms with E-state index in [1.165, 1.54) is 13.2 Å². The topological polar surface area (TPSA) is 3.24 Å². The van der Waals surface area contributed by atoms with Crippen LogP contribution in [0, 0.1) is 0 Å². The minimum Gasteiger partial charge on any atom is -0.222 e. The van der Waals surface area contributed by atoms with E-state index in [-0.39, 0.29) is 0 Å². The van der Waals surface area contributed by atoms with E-state index < -0.39 is 0 Å². The predicted octanol–water partition coefficient (Wildman–Crippen LogP) is 1.34. The molecule has 0 spiro atoms. The smallest absolute Gasteiger partial charge is 0.0387 e. The predicted molar refractivity (Wildman–Crippen MR) is 23.7 cm³/mol. The van der Waals surface area contributed by atoms with Crippen LogP contribution in [0.1, 0.15) is 6.92 Å². The first-order chi connectivity index (χ1) is 2.77. The van der Waals surface area contributed by atoms with Crippen molar-refractivity contribution in [3.63, 3.8) is 0 Å². The average Bonchev–Trinajstić information content (AvgIpc) is 1.35. The Hall–Kier alpha value is -0.530. The summed E-state index contributed by atoms with van der Waals surface area (Å²) in [6.07, 6.45) is 2.96. The Morgan fingerprint density at radius 1 is 1.67 bits per heavy atom. The first-order valence-corrected chi connectivity index (χ1v) is 1.79. The van der Waals surface area contributed by atoms with Gasteiger partial charge in [-0.25, -0.2) is 5.12 Å². The quantitative estimate of drug-likeness (QED) is 0.438. The third kappa shape index (κ3) is 3.47. The van der Waals surface area contributed by atoms with Gasteiger partial charge in [-0.1, -0.05) is 6.08 Å². The van der Waals surface area contributed by atoms with E-state index in [0.717, 1.165) is 0 Å². The molecule has 0 aromatic heterocycles. The van der Waals surface area contributed by atoms with Gasteiger partial charge in [0.1, 0.15) is 0 Å². The Bertz CT molecular complexity index is 49.5. The first kappa shape index (κ1) is 5.47. The highest BCUT2D eigenvalue weighted by Gasteiger charge is 1.71. The molecule has 6 heavy (non-hydrogen) atoms. The second kappa shape index (κ2) is 2.69. The standard InChI is InChI=1S/C4H8FN/c1-3-4-6(2)5/h3-4H,1-2H3. The molecule has 0 radical (unpaired) electrons. The molecule has 0 bridgehead atoms. The van der Waals surface area contributed by atoms with Crippen molar-refractivity contribution in [3.05, 3.63) is 12.3 Å². The van der Waals surface area contributed by atoms with Gasteiger partial charge in [0.15, 0.2) is 0 Å². The van der Waals surface area contributed by atoms with Crippen molar-refractivity contribution in [2.75, 3.05) is 7.05 Å². The van der Waals surface area contributed by atoms with Crippen molar-refractivity contribution in [2.45, 2.75) is 6.92 Å². The number of hydrogen-bond acceptors (Lipinski definition) is 1. The molecule has 0 amide bonds. The summed E-state index contributed by atoms with van der Waals surface area (Å²) in [6.45, 7) is 1.76. The molecule has 0 aliphatic carbocycles. The molecule has 0 saturated heterocycles. The molecular weight excluding hydrogens is 81.0 g/mol. The molecule has 0 aromatic carbocycles. The lowest BCUT2D eigenvalue weighted by Crippen LogP contribution is -1.91. The zero-order chi connectivity index (χ0) is 4.99. The monoisotopic (exact) mass is 89.1 g/mol. The summed E-state index contributed by atoms with van der Waals surface area (Å²) >= 11 is 0. The van der Waals surface area contributed by atoms with E-state index >= 15 is 0 Å². The normalized spacial score (nSPS) is 9.83. The van der Waals surface area contributed by atoms with E-state index in [9.17, 15) is 4.48 Å². The van der Waals surface area contributed by atoms with Crippen LogP contribution in [-0.4, -0.2) is 12.2 Å². The van der Waals surface area contributed by atoms with Gasteiger partial charge in [-0.2, -0.15) is 0 Å². The van der Waals surface area contributed by atoms with Crippen molar-refractivity contribution in [1.82, 2.24) is 5.12 Å². The Labute approximate surface area is 37.0 Å². The van der Waals surface area contributed by atoms with Gasteiger partial charge in [0.2, 0.25) is 0 Å². The molecule has 0 rings (SSSR count). The van der Waals surface area contributed by atoms with Gasteiger partial charge in [-0.3, -0.25) is 0 Å². The Balaban J connectivity index is 3.03. The van der Waals surface area contributed by atoms with E-state index in [0.29, 0.717) is 5.12 Å². The number of rotatable bonds is 1. The highest BCUT2D eigenvalue weighted by Crippen LogP contribution is 1.79. The molecule has 2 heteroatoms. The van der Waals surface area contributed by atoms with Crippen molar-refractivity contribution in [2.24, 2.45) is 0 Å². The molecule has 0 N–H and O–H groups in total. The molecule has 0 aromatic rings. The second-order valence-corrected chi connectivity index (χ2v) is 1.01. The lowest BCUT2D eigenvalue weighted by atomic mass is 10.7. The Kier molecular flexibility index (Phi) is 2.46. The lowest BCUT2D eigenvalue weighted by molar-refractivity contribution is 0.128. The van der Waals surface area contributed by atoms with Crippen LogP contribution in [0.25, 0.3) is 0 Å². The van der Waals surface area contributed by atoms with Gasteiger partial charge >= 0.3 is 0 Å². The van der Waals surface area contributed by atoms with Crippen molar-refractivity contribution >= 4 is 0 Å². The molecule has 0 unspecified atom stereocenters. The summed E-state index contributed by atoms with van der Waals surface area (Å²) < 4.78 is 11.4. The van der Waals surface area contributed by atoms with Crippen molar-refractivity contribution in [1.29, 1.82) is 0 Å². The van der Waals surface area contributed by atoms with E-state index in [1.54, 1.807) is 13.0 Å². The molecular formula is C4H8FN. The summed E-state index contributed by atoms with van der Waals surface area (Å²) in [4.78, 5) is 0. The van der Waals surface area contributed by atoms with Gasteiger partial charge in [-0.15, -0.1) is 4.48 Å². The SMILES string of the molecule is CC=CN(C)F. The van der Waals surface area contributed by atoms with Crippen LogP contribution >= 0.6 is 0 Å². The van der Waals surface area contributed by atoms with Crippen LogP contribution in [0.5, 0.6) is 0 Å². The van der Waals surface area contributed by atoms with Gasteiger partial charge in [-0.05, 0) is 6.92 Å². The molecule has 36 valence electrons. The minimum absolute atomic E-state index is 0.500. The van der Waals surface area contributed by atoms with Crippen LogP contribution in [0.15, 0.2) is 12.3 Å². The fourth-order valence-corrected chi connectivity index (χ4v) is 0.205. The van der Waals surface area contributed by atoms with Gasteiger partial charge < -0.3 is 0 Å². The van der Waals surface area contributed by atoms with E-state index in [4.69, 9.17) is 0 Å². The summed E-state index contributed by atoms with van der Waals surface area (Å²) in [5, 5.41) is 0.500. The maximum absolute atomic E-state index is 11.4. The molecule has 0 atom stereocenters. The largest absolute Gasteiger partial charge is 0.222 e. The average molecular weight is 89.1 g/mol. The summed E-state index contributed by atoms with van der Waals surface area (Å²) in [5.41, 5.74) is 0. The minimum atomic E-state index is 0.500. The highest BCUT2D eigenvalue weighted by molar-refractivity contribution is 4.69. The third-order valence-corrected chi connectivity index (χ3v) is 0.354. The molecule has 0 fully saturated rings. The van der Waals surface area contributed by atoms with Crippen LogP contribution in [0.2, 0.25) is 0 Å². The summed E-state index contributed by atoms with van der Waals surface area (Å²) in [7, 11) is 1.33. The summed E-state index contributed by atoms with van der Waals surface area (Å²) in [6, 6.07) is 0. The molecule has 0 saturated carbocycles. The maximum atomic E-state index is 11.4. The molecule has 0 aliphatic rings. The summed E-state index contributed by atoms with van der Waals surface area (Å²) in [5.74, 6) is 0. The van der Waals surface area contributed by atoms with Crippen LogP contribution in [0.3, 0.4) is 0 Å². The van der Waals surface area contributed by atoms with Crippen LogP contribution in [0.4, 0.5) is 4.48 Å². The van der Waals surface area contributed by atoms with E-state index in [1.807, 2.05) is 0 Å².